The third kappa shape index (κ3) is 5.30. The molecule has 0 bridgehead atoms. The topological polar surface area (TPSA) is 9.23 Å². The molecule has 0 saturated carbocycles. The van der Waals surface area contributed by atoms with E-state index in [-0.39, 0.29) is 6.42 Å². The first-order chi connectivity index (χ1) is 17.5. The van der Waals surface area contributed by atoms with Gasteiger partial charge < -0.3 is 0 Å². The third-order valence-corrected chi connectivity index (χ3v) is 17.5. The van der Waals surface area contributed by atoms with Gasteiger partial charge >= 0.3 is 214 Å². The Morgan fingerprint density at radius 3 is 0.900 bits per heavy atom. The zero-order valence-corrected chi connectivity index (χ0v) is 22.1. The molecule has 0 amide bonds. The van der Waals surface area contributed by atoms with Gasteiger partial charge in [-0.3, -0.25) is 0 Å². The molecular formula is C17H17F21OSn. The standard InChI is InChI=1S/C5H11O.3C4H2F7.Sn/c1-2-3-4-5-6;3*5-1-3(8,9)4(10,11)2(6)7;/h2-5H2,1H3;3*1H2;/q-1;;;;+1. The van der Waals surface area contributed by atoms with E-state index in [1.165, 1.54) is 0 Å². The molecule has 1 nitrogen and oxygen atoms in total. The molecule has 0 aromatic heterocycles. The predicted octanol–water partition coefficient (Wildman–Crippen LogP) is 8.38. The predicted molar refractivity (Wildman–Crippen MR) is 93.7 cm³/mol. The molecule has 23 heteroatoms. The normalized spacial score (nSPS) is 16.1. The van der Waals surface area contributed by atoms with Gasteiger partial charge in [0.15, 0.2) is 0 Å². The number of rotatable bonds is 17. The van der Waals surface area contributed by atoms with Crippen molar-refractivity contribution in [2.24, 2.45) is 0 Å². The molecule has 0 aromatic carbocycles. The van der Waals surface area contributed by atoms with Gasteiger partial charge in [0.05, 0.1) is 0 Å². The Hall–Kier alpha value is -0.711. The van der Waals surface area contributed by atoms with Crippen molar-refractivity contribution in [3.8, 4) is 0 Å². The number of alkyl halides is 21. The molecule has 0 atom stereocenters. The van der Waals surface area contributed by atoms with E-state index in [2.05, 4.69) is 3.07 Å². The van der Waals surface area contributed by atoms with E-state index in [1.54, 1.807) is 0 Å². The van der Waals surface area contributed by atoms with Crippen molar-refractivity contribution in [2.75, 3.05) is 26.6 Å². The first-order valence-corrected chi connectivity index (χ1v) is 15.7. The third-order valence-electron chi connectivity index (χ3n) is 5.46. The van der Waals surface area contributed by atoms with Crippen LogP contribution in [0.15, 0.2) is 0 Å². The SMILES string of the molecule is CCCCC[O][Sn]([C](F)(F)C(F)(F)C(F)(F)CF)([C](F)(F)C(F)(F)C(F)(F)CF)[C](F)(F)C(F)(F)C(F)(F)CF. The molecule has 0 heterocycles. The number of hydrogen-bond donors (Lipinski definition) is 0. The maximum absolute atomic E-state index is 15.0. The summed E-state index contributed by atoms with van der Waals surface area (Å²) in [5, 5.41) is 0. The van der Waals surface area contributed by atoms with E-state index in [0.29, 0.717) is 0 Å². The molecule has 242 valence electrons. The molecule has 0 spiro atoms. The zero-order valence-electron chi connectivity index (χ0n) is 19.3. The number of unbranched alkanes of at least 4 members (excludes halogenated alkanes) is 2. The van der Waals surface area contributed by atoms with Crippen LogP contribution in [0.3, 0.4) is 0 Å². The molecule has 0 aliphatic rings. The molecule has 0 saturated heterocycles. The molecule has 0 aliphatic carbocycles. The first kappa shape index (κ1) is 39.3. The molecule has 0 aromatic rings. The molecule has 0 N–H and O–H groups in total. The van der Waals surface area contributed by atoms with Crippen LogP contribution < -0.4 is 0 Å². The van der Waals surface area contributed by atoms with Crippen LogP contribution in [0.1, 0.15) is 26.2 Å². The second kappa shape index (κ2) is 11.8. The van der Waals surface area contributed by atoms with Crippen LogP contribution in [0.4, 0.5) is 92.2 Å². The van der Waals surface area contributed by atoms with E-state index < -0.39 is 106 Å². The summed E-state index contributed by atoms with van der Waals surface area (Å²) in [6.07, 6.45) is -2.30. The summed E-state index contributed by atoms with van der Waals surface area (Å²) in [5.41, 5.74) is 0. The Labute approximate surface area is 214 Å². The molecule has 40 heavy (non-hydrogen) atoms. The summed E-state index contributed by atoms with van der Waals surface area (Å²) < 4.78 is 271. The van der Waals surface area contributed by atoms with Crippen LogP contribution >= 0.6 is 0 Å². The number of halogens is 21. The van der Waals surface area contributed by atoms with Crippen molar-refractivity contribution >= 4 is 18.8 Å². The maximum atomic E-state index is 15.0. The van der Waals surface area contributed by atoms with E-state index in [4.69, 9.17) is 0 Å². The molecule has 0 fully saturated rings. The van der Waals surface area contributed by atoms with Crippen LogP contribution in [0.25, 0.3) is 0 Å². The Kier molecular flexibility index (Phi) is 11.5. The van der Waals surface area contributed by atoms with Crippen LogP contribution in [0.5, 0.6) is 0 Å². The zero-order chi connectivity index (χ0) is 32.7. The van der Waals surface area contributed by atoms with Crippen LogP contribution in [0, 0.1) is 0 Å². The van der Waals surface area contributed by atoms with Gasteiger partial charge in [0.1, 0.15) is 0 Å². The summed E-state index contributed by atoms with van der Waals surface area (Å²) >= 11 is -12.2. The molecular weight excluding hydrogens is 738 g/mol. The van der Waals surface area contributed by atoms with E-state index in [9.17, 15) is 65.9 Å². The van der Waals surface area contributed by atoms with Crippen molar-refractivity contribution < 1.29 is 95.3 Å². The Balaban J connectivity index is 8.49. The van der Waals surface area contributed by atoms with Crippen molar-refractivity contribution in [3.63, 3.8) is 0 Å². The Morgan fingerprint density at radius 2 is 0.700 bits per heavy atom. The summed E-state index contributed by atoms with van der Waals surface area (Å²) in [5.74, 6) is -46.5. The first-order valence-electron chi connectivity index (χ1n) is 10.2. The minimum atomic E-state index is -12.2. The fourth-order valence-corrected chi connectivity index (χ4v) is 14.6. The fourth-order valence-electron chi connectivity index (χ4n) is 3.04. The van der Waals surface area contributed by atoms with Gasteiger partial charge in [0.2, 0.25) is 0 Å². The van der Waals surface area contributed by atoms with Crippen molar-refractivity contribution in [1.29, 1.82) is 0 Å². The van der Waals surface area contributed by atoms with Gasteiger partial charge in [-0.2, -0.15) is 0 Å². The van der Waals surface area contributed by atoms with Gasteiger partial charge in [0, 0.05) is 0 Å². The summed E-state index contributed by atoms with van der Waals surface area (Å²) in [6.45, 7) is -14.0. The monoisotopic (exact) mass is 756 g/mol. The average Bonchev–Trinajstić information content (AvgIpc) is 2.82. The van der Waals surface area contributed by atoms with Crippen molar-refractivity contribution in [2.45, 2.75) is 73.5 Å². The molecule has 0 rings (SSSR count). The summed E-state index contributed by atoms with van der Waals surface area (Å²) in [6, 6.07) is 0. The van der Waals surface area contributed by atoms with E-state index in [0.717, 1.165) is 6.92 Å². The second-order valence-corrected chi connectivity index (χ2v) is 18.3. The van der Waals surface area contributed by atoms with Gasteiger partial charge in [-0.15, -0.1) is 0 Å². The summed E-state index contributed by atoms with van der Waals surface area (Å²) in [4.78, 5) is 0. The number of hydrogen-bond acceptors (Lipinski definition) is 1. The quantitative estimate of drug-likeness (QED) is 0.0825. The molecule has 0 aliphatic heterocycles. The van der Waals surface area contributed by atoms with Crippen molar-refractivity contribution in [1.82, 2.24) is 0 Å². The van der Waals surface area contributed by atoms with E-state index in [1.807, 2.05) is 0 Å². The van der Waals surface area contributed by atoms with Crippen LogP contribution in [0.2, 0.25) is 0 Å². The Morgan fingerprint density at radius 1 is 0.450 bits per heavy atom. The fraction of sp³-hybridized carbons (Fsp3) is 1.00. The average molecular weight is 755 g/mol. The minimum absolute atomic E-state index is 0.280. The van der Waals surface area contributed by atoms with Gasteiger partial charge in [0.25, 0.3) is 0 Å². The van der Waals surface area contributed by atoms with Gasteiger partial charge in [-0.05, 0) is 0 Å². The summed E-state index contributed by atoms with van der Waals surface area (Å²) in [7, 11) is 0. The molecule has 0 radical (unpaired) electrons. The van der Waals surface area contributed by atoms with Crippen LogP contribution in [-0.2, 0) is 3.07 Å². The van der Waals surface area contributed by atoms with Gasteiger partial charge in [-0.25, -0.2) is 0 Å². The Bertz CT molecular complexity index is 743. The molecule has 0 unspecified atom stereocenters. The second-order valence-electron chi connectivity index (χ2n) is 8.20. The van der Waals surface area contributed by atoms with Crippen LogP contribution in [-0.4, -0.2) is 92.8 Å². The van der Waals surface area contributed by atoms with E-state index >= 15 is 26.3 Å². The van der Waals surface area contributed by atoms with Crippen molar-refractivity contribution in [3.05, 3.63) is 0 Å². The van der Waals surface area contributed by atoms with Gasteiger partial charge in [-0.1, -0.05) is 0 Å².